The van der Waals surface area contributed by atoms with Gasteiger partial charge in [0.15, 0.2) is 0 Å². The third-order valence-corrected chi connectivity index (χ3v) is 3.47. The summed E-state index contributed by atoms with van der Waals surface area (Å²) in [7, 11) is 0. The van der Waals surface area contributed by atoms with Crippen LogP contribution in [0.25, 0.3) is 0 Å². The normalized spacial score (nSPS) is 13.6. The molecule has 16 heavy (non-hydrogen) atoms. The first kappa shape index (κ1) is 11.1. The molecule has 1 heterocycles. The van der Waals surface area contributed by atoms with Crippen molar-refractivity contribution in [2.45, 2.75) is 0 Å². The van der Waals surface area contributed by atoms with E-state index in [0.717, 1.165) is 11.4 Å². The van der Waals surface area contributed by atoms with Gasteiger partial charge in [-0.1, -0.05) is 38.9 Å². The summed E-state index contributed by atoms with van der Waals surface area (Å²) in [5.41, 5.74) is 1.62. The lowest BCUT2D eigenvalue weighted by molar-refractivity contribution is 0.254. The topological polar surface area (TPSA) is 41.1 Å². The largest absolute Gasteiger partial charge is 0.323 e. The minimum Gasteiger partial charge on any atom is -0.308 e. The first-order chi connectivity index (χ1) is 7.84. The summed E-state index contributed by atoms with van der Waals surface area (Å²) in [5.74, 6) is 0. The van der Waals surface area contributed by atoms with Gasteiger partial charge in [0.25, 0.3) is 0 Å². The Kier molecular flexibility index (Phi) is 3.87. The number of hydrogen-bond donors (Lipinski definition) is 2. The molecule has 1 aromatic rings. The minimum absolute atomic E-state index is 0.0589. The van der Waals surface area contributed by atoms with Gasteiger partial charge in [-0.15, -0.1) is 0 Å². The van der Waals surface area contributed by atoms with Gasteiger partial charge < -0.3 is 10.6 Å². The van der Waals surface area contributed by atoms with Crippen LogP contribution in [0.5, 0.6) is 0 Å². The smallest absolute Gasteiger partial charge is 0.308 e. The van der Waals surface area contributed by atoms with Crippen LogP contribution in [0.4, 0.5) is 10.5 Å². The van der Waals surface area contributed by atoms with E-state index >= 15 is 0 Å². The van der Waals surface area contributed by atoms with Crippen molar-refractivity contribution < 1.29 is 4.79 Å². The number of amides is 2. The predicted octanol–water partition coefficient (Wildman–Crippen LogP) is 2.99. The number of anilines is 1. The lowest BCUT2D eigenvalue weighted by Crippen LogP contribution is -2.27. The van der Waals surface area contributed by atoms with Crippen molar-refractivity contribution in [3.63, 3.8) is 0 Å². The summed E-state index contributed by atoms with van der Waals surface area (Å²) in [6.45, 7) is 0. The van der Waals surface area contributed by atoms with Gasteiger partial charge in [0.2, 0.25) is 0 Å². The van der Waals surface area contributed by atoms with Crippen LogP contribution in [0.3, 0.4) is 0 Å². The lowest BCUT2D eigenvalue weighted by Gasteiger charge is -2.08. The number of halogens is 1. The van der Waals surface area contributed by atoms with E-state index < -0.39 is 0 Å². The Labute approximate surface area is 104 Å². The minimum atomic E-state index is -0.212. The number of carbonyl (C=O) groups is 1. The quantitative estimate of drug-likeness (QED) is 0.806. The first-order valence-electron chi connectivity index (χ1n) is 4.80. The molecule has 0 radical (unpaired) electrons. The third kappa shape index (κ3) is 3.30. The highest BCUT2D eigenvalue weighted by atomic mass is 127. The molecule has 82 valence electrons. The van der Waals surface area contributed by atoms with Crippen molar-refractivity contribution in [1.82, 2.24) is 5.32 Å². The van der Waals surface area contributed by atoms with E-state index in [-0.39, 0.29) is 26.8 Å². The third-order valence-electron chi connectivity index (χ3n) is 1.92. The molecule has 2 N–H and O–H groups in total. The summed E-state index contributed by atoms with van der Waals surface area (Å²) >= 11 is 0.0589. The van der Waals surface area contributed by atoms with Gasteiger partial charge in [0.05, 0.1) is 0 Å². The zero-order chi connectivity index (χ0) is 11.2. The van der Waals surface area contributed by atoms with E-state index in [2.05, 4.69) is 18.7 Å². The van der Waals surface area contributed by atoms with Crippen molar-refractivity contribution >= 4 is 36.5 Å². The van der Waals surface area contributed by atoms with Crippen molar-refractivity contribution in [2.24, 2.45) is 0 Å². The van der Waals surface area contributed by atoms with Crippen LogP contribution in [-0.4, -0.2) is 10.0 Å². The number of rotatable bonds is 2. The fourth-order valence-electron chi connectivity index (χ4n) is 1.20. The van der Waals surface area contributed by atoms with Crippen LogP contribution in [0.15, 0.2) is 52.3 Å². The molecule has 0 unspecified atom stereocenters. The van der Waals surface area contributed by atoms with Crippen LogP contribution >= 0.6 is 20.7 Å². The van der Waals surface area contributed by atoms with Gasteiger partial charge >= 0.3 is 6.03 Å². The fraction of sp³-hybridized carbons (Fsp3) is 0. The standard InChI is InChI=1S/C12H11IN2O/c16-12(14-10-4-2-1-3-5-10)15-11-6-8-13-9-7-11/h1-9H,(H2,14,15,16). The molecular weight excluding hydrogens is 315 g/mol. The highest BCUT2D eigenvalue weighted by Crippen LogP contribution is 2.08. The molecular formula is C12H11IN2O. The predicted molar refractivity (Wildman–Crippen MR) is 75.9 cm³/mol. The number of para-hydroxylation sites is 1. The van der Waals surface area contributed by atoms with Crippen molar-refractivity contribution in [2.75, 3.05) is 5.32 Å². The zero-order valence-electron chi connectivity index (χ0n) is 8.48. The Morgan fingerprint density at radius 2 is 1.94 bits per heavy atom. The second-order valence-corrected chi connectivity index (χ2v) is 5.27. The molecule has 0 bridgehead atoms. The highest BCUT2D eigenvalue weighted by Gasteiger charge is 2.02. The van der Waals surface area contributed by atoms with E-state index in [9.17, 15) is 4.79 Å². The van der Waals surface area contributed by atoms with Crippen LogP contribution in [0, 0.1) is 0 Å². The molecule has 2 rings (SSSR count). The lowest BCUT2D eigenvalue weighted by atomic mass is 10.3. The van der Waals surface area contributed by atoms with Gasteiger partial charge in [0, 0.05) is 11.4 Å². The molecule has 0 fully saturated rings. The first-order valence-corrected chi connectivity index (χ1v) is 7.29. The molecule has 0 atom stereocenters. The molecule has 3 nitrogen and oxygen atoms in total. The van der Waals surface area contributed by atoms with Crippen molar-refractivity contribution in [1.29, 1.82) is 0 Å². The molecule has 1 aliphatic rings. The van der Waals surface area contributed by atoms with Crippen LogP contribution in [-0.2, 0) is 0 Å². The summed E-state index contributed by atoms with van der Waals surface area (Å²) in [6.07, 6.45) is 3.88. The molecule has 0 saturated carbocycles. The molecule has 1 aromatic carbocycles. The molecule has 1 aliphatic heterocycles. The average Bonchev–Trinajstić information content (AvgIpc) is 2.31. The summed E-state index contributed by atoms with van der Waals surface area (Å²) < 4.78 is 4.22. The Morgan fingerprint density at radius 3 is 2.62 bits per heavy atom. The molecule has 0 aromatic heterocycles. The van der Waals surface area contributed by atoms with Gasteiger partial charge in [-0.25, -0.2) is 4.79 Å². The summed E-state index contributed by atoms with van der Waals surface area (Å²) in [4.78, 5) is 11.6. The van der Waals surface area contributed by atoms with Gasteiger partial charge in [0.1, 0.15) is 0 Å². The van der Waals surface area contributed by atoms with Gasteiger partial charge in [-0.05, 0) is 32.4 Å². The molecule has 2 amide bonds. The number of benzene rings is 1. The second-order valence-electron chi connectivity index (χ2n) is 3.11. The average molecular weight is 326 g/mol. The SMILES string of the molecule is O=C(NC1=CC=IC=C1)Nc1ccccc1. The Bertz CT molecular complexity index is 463. The number of carbonyl (C=O) groups excluding carboxylic acids is 1. The van der Waals surface area contributed by atoms with E-state index in [0.29, 0.717) is 0 Å². The number of hydrogen-bond acceptors (Lipinski definition) is 1. The van der Waals surface area contributed by atoms with E-state index in [1.54, 1.807) is 0 Å². The van der Waals surface area contributed by atoms with Crippen molar-refractivity contribution in [3.8, 4) is 0 Å². The number of urea groups is 1. The second kappa shape index (κ2) is 5.60. The molecule has 0 saturated heterocycles. The number of allylic oxidation sites excluding steroid dienone is 2. The van der Waals surface area contributed by atoms with Crippen LogP contribution < -0.4 is 10.6 Å². The maximum atomic E-state index is 11.6. The fourth-order valence-corrected chi connectivity index (χ4v) is 2.63. The monoisotopic (exact) mass is 326 g/mol. The zero-order valence-corrected chi connectivity index (χ0v) is 10.6. The Balaban J connectivity index is 1.92. The highest BCUT2D eigenvalue weighted by molar-refractivity contribution is 14.2. The van der Waals surface area contributed by atoms with E-state index in [1.807, 2.05) is 42.5 Å². The van der Waals surface area contributed by atoms with Crippen LogP contribution in [0.2, 0.25) is 0 Å². The molecule has 0 aliphatic carbocycles. The van der Waals surface area contributed by atoms with Crippen LogP contribution in [0.1, 0.15) is 0 Å². The summed E-state index contributed by atoms with van der Waals surface area (Å²) in [6, 6.07) is 9.16. The van der Waals surface area contributed by atoms with Crippen molar-refractivity contribution in [3.05, 3.63) is 52.3 Å². The molecule has 0 spiro atoms. The van der Waals surface area contributed by atoms with E-state index in [4.69, 9.17) is 0 Å². The Morgan fingerprint density at radius 1 is 1.12 bits per heavy atom. The number of nitrogens with one attached hydrogen (secondary N) is 2. The maximum Gasteiger partial charge on any atom is 0.323 e. The van der Waals surface area contributed by atoms with Gasteiger partial charge in [-0.2, -0.15) is 0 Å². The molecule has 4 heteroatoms. The Hall–Kier alpha value is -1.43. The van der Waals surface area contributed by atoms with E-state index in [1.165, 1.54) is 0 Å². The van der Waals surface area contributed by atoms with Gasteiger partial charge in [-0.3, -0.25) is 0 Å². The maximum absolute atomic E-state index is 11.6. The summed E-state index contributed by atoms with van der Waals surface area (Å²) in [5, 5.41) is 5.54.